The molecule has 0 fully saturated rings. The fourth-order valence-electron chi connectivity index (χ4n) is 1.93. The Morgan fingerprint density at radius 3 is 2.00 bits per heavy atom. The van der Waals surface area contributed by atoms with Crippen LogP contribution < -0.4 is 5.14 Å². The Morgan fingerprint density at radius 2 is 1.48 bits per heavy atom. The van der Waals surface area contributed by atoms with Crippen LogP contribution in [-0.4, -0.2) is 28.2 Å². The van der Waals surface area contributed by atoms with Crippen molar-refractivity contribution >= 4 is 31.6 Å². The van der Waals surface area contributed by atoms with Crippen molar-refractivity contribution in [1.82, 2.24) is 4.31 Å². The molecule has 0 unspecified atom stereocenters. The van der Waals surface area contributed by atoms with Crippen molar-refractivity contribution in [2.75, 3.05) is 7.05 Å². The molecule has 0 bridgehead atoms. The van der Waals surface area contributed by atoms with E-state index in [4.69, 9.17) is 16.7 Å². The summed E-state index contributed by atoms with van der Waals surface area (Å²) in [6, 6.07) is 11.7. The molecule has 2 N–H and O–H groups in total. The molecular weight excluding hydrogens is 360 g/mol. The largest absolute Gasteiger partial charge is 0.243 e. The summed E-state index contributed by atoms with van der Waals surface area (Å²) in [5.41, 5.74) is 0.668. The molecule has 0 saturated heterocycles. The summed E-state index contributed by atoms with van der Waals surface area (Å²) in [6.07, 6.45) is 0. The fraction of sp³-hybridized carbons (Fsp3) is 0.143. The van der Waals surface area contributed by atoms with E-state index in [-0.39, 0.29) is 16.3 Å². The number of hydrogen-bond acceptors (Lipinski definition) is 4. The second kappa shape index (κ2) is 6.58. The van der Waals surface area contributed by atoms with Gasteiger partial charge in [-0.2, -0.15) is 4.31 Å². The summed E-state index contributed by atoms with van der Waals surface area (Å²) in [6.45, 7) is 0.0962. The lowest BCUT2D eigenvalue weighted by molar-refractivity contribution is 0.466. The highest BCUT2D eigenvalue weighted by Gasteiger charge is 2.22. The SMILES string of the molecule is CN(Cc1ccccc1Cl)S(=O)(=O)c1ccc(S(N)(=O)=O)cc1. The van der Waals surface area contributed by atoms with E-state index in [1.165, 1.54) is 19.2 Å². The lowest BCUT2D eigenvalue weighted by Crippen LogP contribution is -2.26. The zero-order valence-corrected chi connectivity index (χ0v) is 14.6. The van der Waals surface area contributed by atoms with Crippen molar-refractivity contribution < 1.29 is 16.8 Å². The van der Waals surface area contributed by atoms with E-state index in [9.17, 15) is 16.8 Å². The van der Waals surface area contributed by atoms with Crippen LogP contribution in [0.3, 0.4) is 0 Å². The Morgan fingerprint density at radius 1 is 0.957 bits per heavy atom. The van der Waals surface area contributed by atoms with Gasteiger partial charge in [0, 0.05) is 18.6 Å². The average molecular weight is 375 g/mol. The van der Waals surface area contributed by atoms with E-state index in [2.05, 4.69) is 0 Å². The number of nitrogens with two attached hydrogens (primary N) is 1. The van der Waals surface area contributed by atoms with E-state index in [1.54, 1.807) is 24.3 Å². The molecule has 0 radical (unpaired) electrons. The van der Waals surface area contributed by atoms with Gasteiger partial charge in [0.15, 0.2) is 0 Å². The van der Waals surface area contributed by atoms with E-state index < -0.39 is 20.0 Å². The first kappa shape index (κ1) is 17.9. The van der Waals surface area contributed by atoms with Crippen molar-refractivity contribution in [2.24, 2.45) is 5.14 Å². The van der Waals surface area contributed by atoms with Gasteiger partial charge >= 0.3 is 0 Å². The predicted octanol–water partition coefficient (Wildman–Crippen LogP) is 1.81. The molecule has 0 aromatic heterocycles. The molecule has 124 valence electrons. The summed E-state index contributed by atoms with van der Waals surface area (Å²) in [4.78, 5) is -0.176. The van der Waals surface area contributed by atoms with Crippen molar-refractivity contribution in [2.45, 2.75) is 16.3 Å². The first-order chi connectivity index (χ1) is 10.6. The lowest BCUT2D eigenvalue weighted by Gasteiger charge is -2.18. The van der Waals surface area contributed by atoms with Crippen LogP contribution in [0.1, 0.15) is 5.56 Å². The summed E-state index contributed by atoms with van der Waals surface area (Å²) in [7, 11) is -6.22. The quantitative estimate of drug-likeness (QED) is 0.862. The van der Waals surface area contributed by atoms with Gasteiger partial charge in [0.1, 0.15) is 0 Å². The van der Waals surface area contributed by atoms with Crippen molar-refractivity contribution in [3.05, 3.63) is 59.1 Å². The van der Waals surface area contributed by atoms with Crippen LogP contribution in [0.5, 0.6) is 0 Å². The van der Waals surface area contributed by atoms with Gasteiger partial charge in [-0.05, 0) is 35.9 Å². The van der Waals surface area contributed by atoms with Crippen LogP contribution in [0, 0.1) is 0 Å². The van der Waals surface area contributed by atoms with Gasteiger partial charge in [0.05, 0.1) is 9.79 Å². The van der Waals surface area contributed by atoms with Crippen molar-refractivity contribution in [3.8, 4) is 0 Å². The Bertz CT molecular complexity index is 910. The molecule has 0 atom stereocenters. The molecule has 0 aliphatic rings. The van der Waals surface area contributed by atoms with Crippen LogP contribution in [-0.2, 0) is 26.6 Å². The first-order valence-corrected chi connectivity index (χ1v) is 9.81. The van der Waals surface area contributed by atoms with Crippen molar-refractivity contribution in [3.63, 3.8) is 0 Å². The zero-order valence-electron chi connectivity index (χ0n) is 12.2. The normalized spacial score (nSPS) is 12.5. The van der Waals surface area contributed by atoms with Gasteiger partial charge in [0.2, 0.25) is 20.0 Å². The molecule has 9 heteroatoms. The molecular formula is C14H15ClN2O4S2. The van der Waals surface area contributed by atoms with E-state index in [0.29, 0.717) is 10.6 Å². The molecule has 0 aliphatic heterocycles. The molecule has 0 heterocycles. The third-order valence-corrected chi connectivity index (χ3v) is 6.33. The lowest BCUT2D eigenvalue weighted by atomic mass is 10.2. The number of halogens is 1. The standard InChI is InChI=1S/C14H15ClN2O4S2/c1-17(10-11-4-2-3-5-14(11)15)23(20,21)13-8-6-12(7-9-13)22(16,18)19/h2-9H,10H2,1H3,(H2,16,18,19). The number of sulfonamides is 2. The van der Waals surface area contributed by atoms with Crippen LogP contribution >= 0.6 is 11.6 Å². The number of benzene rings is 2. The topological polar surface area (TPSA) is 97.5 Å². The smallest absolute Gasteiger partial charge is 0.225 e. The highest BCUT2D eigenvalue weighted by molar-refractivity contribution is 7.89. The second-order valence-corrected chi connectivity index (χ2v) is 8.88. The van der Waals surface area contributed by atoms with E-state index in [0.717, 1.165) is 16.4 Å². The monoisotopic (exact) mass is 374 g/mol. The van der Waals surface area contributed by atoms with Gasteiger partial charge in [0.25, 0.3) is 0 Å². The predicted molar refractivity (Wildman–Crippen MR) is 87.9 cm³/mol. The van der Waals surface area contributed by atoms with Crippen LogP contribution in [0.25, 0.3) is 0 Å². The van der Waals surface area contributed by atoms with Gasteiger partial charge in [-0.3, -0.25) is 0 Å². The van der Waals surface area contributed by atoms with E-state index >= 15 is 0 Å². The van der Waals surface area contributed by atoms with Gasteiger partial charge in [-0.25, -0.2) is 22.0 Å². The number of nitrogens with zero attached hydrogens (tertiary/aromatic N) is 1. The third kappa shape index (κ3) is 4.10. The molecule has 2 rings (SSSR count). The summed E-state index contributed by atoms with van der Waals surface area (Å²) >= 11 is 6.03. The Balaban J connectivity index is 2.29. The zero-order chi connectivity index (χ0) is 17.3. The Kier molecular flexibility index (Phi) is 5.12. The minimum absolute atomic E-state index is 0.0283. The molecule has 2 aromatic carbocycles. The summed E-state index contributed by atoms with van der Waals surface area (Å²) < 4.78 is 48.6. The van der Waals surface area contributed by atoms with Gasteiger partial charge < -0.3 is 0 Å². The molecule has 0 amide bonds. The molecule has 2 aromatic rings. The summed E-state index contributed by atoms with van der Waals surface area (Å²) in [5.74, 6) is 0. The van der Waals surface area contributed by atoms with Crippen LogP contribution in [0.4, 0.5) is 0 Å². The minimum Gasteiger partial charge on any atom is -0.225 e. The average Bonchev–Trinajstić information content (AvgIpc) is 2.48. The maximum absolute atomic E-state index is 12.5. The van der Waals surface area contributed by atoms with Crippen LogP contribution in [0.15, 0.2) is 58.3 Å². The Labute approximate surface area is 140 Å². The fourth-order valence-corrected chi connectivity index (χ4v) is 3.79. The maximum atomic E-state index is 12.5. The third-order valence-electron chi connectivity index (χ3n) is 3.21. The highest BCUT2D eigenvalue weighted by Crippen LogP contribution is 2.21. The molecule has 0 aliphatic carbocycles. The molecule has 0 saturated carbocycles. The van der Waals surface area contributed by atoms with Gasteiger partial charge in [-0.15, -0.1) is 0 Å². The molecule has 23 heavy (non-hydrogen) atoms. The molecule has 0 spiro atoms. The number of hydrogen-bond donors (Lipinski definition) is 1. The highest BCUT2D eigenvalue weighted by atomic mass is 35.5. The van der Waals surface area contributed by atoms with Gasteiger partial charge in [-0.1, -0.05) is 29.8 Å². The number of primary sulfonamides is 1. The van der Waals surface area contributed by atoms with E-state index in [1.807, 2.05) is 0 Å². The molecule has 6 nitrogen and oxygen atoms in total. The first-order valence-electron chi connectivity index (χ1n) is 6.45. The van der Waals surface area contributed by atoms with Crippen LogP contribution in [0.2, 0.25) is 5.02 Å². The summed E-state index contributed by atoms with van der Waals surface area (Å²) in [5, 5.41) is 5.46. The number of rotatable bonds is 5. The Hall–Kier alpha value is -1.45. The minimum atomic E-state index is -3.87. The second-order valence-electron chi connectivity index (χ2n) is 4.87. The van der Waals surface area contributed by atoms with Crippen molar-refractivity contribution in [1.29, 1.82) is 0 Å². The maximum Gasteiger partial charge on any atom is 0.243 e.